The zero-order valence-corrected chi connectivity index (χ0v) is 13.4. The smallest absolute Gasteiger partial charge is 0.136 e. The Balaban J connectivity index is 2.03. The third kappa shape index (κ3) is 3.70. The Bertz CT molecular complexity index is 486. The number of hydrogen-bond donors (Lipinski definition) is 0. The van der Waals surface area contributed by atoms with Crippen LogP contribution in [0.2, 0.25) is 0 Å². The summed E-state index contributed by atoms with van der Waals surface area (Å²) in [4.78, 5) is 17.6. The van der Waals surface area contributed by atoms with E-state index in [0.29, 0.717) is 26.1 Å². The van der Waals surface area contributed by atoms with Crippen LogP contribution in [-0.4, -0.2) is 35.6 Å². The quantitative estimate of drug-likeness (QED) is 0.836. The molecule has 1 fully saturated rings. The number of Topliss-reactive ketones (excluding diaryl/α,β-unsaturated/α-hetero) is 1. The monoisotopic (exact) mass is 291 g/mol. The van der Waals surface area contributed by atoms with Crippen molar-refractivity contribution in [1.29, 1.82) is 0 Å². The molecule has 0 aromatic heterocycles. The van der Waals surface area contributed by atoms with E-state index in [1.165, 1.54) is 0 Å². The molecule has 0 N–H and O–H groups in total. The number of ketones is 1. The molecule has 116 valence electrons. The molecule has 1 aliphatic heterocycles. The number of carbonyl (C=O) groups excluding carboxylic acids is 1. The van der Waals surface area contributed by atoms with Crippen molar-refractivity contribution < 1.29 is 14.4 Å². The van der Waals surface area contributed by atoms with Gasteiger partial charge in [0.05, 0.1) is 25.9 Å². The minimum Gasteiger partial charge on any atom is -0.375 e. The van der Waals surface area contributed by atoms with Crippen molar-refractivity contribution in [1.82, 2.24) is 5.06 Å². The highest BCUT2D eigenvalue weighted by molar-refractivity contribution is 5.81. The second-order valence-electron chi connectivity index (χ2n) is 6.66. The van der Waals surface area contributed by atoms with Crippen LogP contribution in [0.3, 0.4) is 0 Å². The molecule has 1 aliphatic rings. The number of piperidine rings is 1. The molecule has 1 saturated heterocycles. The molecule has 4 heteroatoms. The Kier molecular flexibility index (Phi) is 4.81. The summed E-state index contributed by atoms with van der Waals surface area (Å²) in [6.45, 7) is 7.10. The molecule has 1 atom stereocenters. The number of hydrogen-bond acceptors (Lipinski definition) is 4. The standard InChI is InChI=1S/C17H25NO3/c1-16(2)10-15(19)11-17(3,18(16)20-4)13-21-12-14-8-6-5-7-9-14/h5-9H,10-13H2,1-4H3. The number of benzene rings is 1. The lowest BCUT2D eigenvalue weighted by atomic mass is 9.80. The summed E-state index contributed by atoms with van der Waals surface area (Å²) in [5.41, 5.74) is 0.392. The minimum atomic E-state index is -0.428. The second kappa shape index (κ2) is 6.26. The fourth-order valence-corrected chi connectivity index (χ4v) is 3.38. The average Bonchev–Trinajstić information content (AvgIpc) is 2.38. The van der Waals surface area contributed by atoms with E-state index in [4.69, 9.17) is 9.57 Å². The largest absolute Gasteiger partial charge is 0.375 e. The van der Waals surface area contributed by atoms with E-state index in [2.05, 4.69) is 0 Å². The molecule has 1 aromatic rings. The van der Waals surface area contributed by atoms with Gasteiger partial charge >= 0.3 is 0 Å². The van der Waals surface area contributed by atoms with Gasteiger partial charge in [0, 0.05) is 18.4 Å². The van der Waals surface area contributed by atoms with Crippen molar-refractivity contribution in [2.75, 3.05) is 13.7 Å². The van der Waals surface area contributed by atoms with Crippen molar-refractivity contribution in [3.63, 3.8) is 0 Å². The van der Waals surface area contributed by atoms with Crippen LogP contribution in [0.15, 0.2) is 30.3 Å². The molecule has 2 rings (SSSR count). The van der Waals surface area contributed by atoms with Crippen LogP contribution in [0, 0.1) is 0 Å². The van der Waals surface area contributed by atoms with Crippen LogP contribution in [0.1, 0.15) is 39.2 Å². The fourth-order valence-electron chi connectivity index (χ4n) is 3.38. The first-order chi connectivity index (χ1) is 9.87. The zero-order valence-electron chi connectivity index (χ0n) is 13.4. The van der Waals surface area contributed by atoms with E-state index in [1.807, 2.05) is 56.2 Å². The second-order valence-corrected chi connectivity index (χ2v) is 6.66. The molecule has 0 saturated carbocycles. The van der Waals surface area contributed by atoms with Crippen molar-refractivity contribution >= 4 is 5.78 Å². The van der Waals surface area contributed by atoms with Gasteiger partial charge in [0.1, 0.15) is 5.78 Å². The van der Waals surface area contributed by atoms with Crippen molar-refractivity contribution in [3.8, 4) is 0 Å². The molecule has 0 spiro atoms. The maximum atomic E-state index is 12.1. The Morgan fingerprint density at radius 2 is 1.81 bits per heavy atom. The molecule has 1 aromatic carbocycles. The van der Waals surface area contributed by atoms with Crippen LogP contribution < -0.4 is 0 Å². The van der Waals surface area contributed by atoms with Gasteiger partial charge in [-0.3, -0.25) is 4.79 Å². The number of carbonyl (C=O) groups is 1. The summed E-state index contributed by atoms with van der Waals surface area (Å²) in [6, 6.07) is 10.0. The highest BCUT2D eigenvalue weighted by atomic mass is 16.7. The van der Waals surface area contributed by atoms with E-state index < -0.39 is 5.54 Å². The molecule has 4 nitrogen and oxygen atoms in total. The van der Waals surface area contributed by atoms with Crippen molar-refractivity contribution in [2.24, 2.45) is 0 Å². The number of hydroxylamine groups is 2. The Labute approximate surface area is 127 Å². The molecule has 0 amide bonds. The molecular weight excluding hydrogens is 266 g/mol. The van der Waals surface area contributed by atoms with Gasteiger partial charge in [-0.05, 0) is 26.3 Å². The van der Waals surface area contributed by atoms with Crippen LogP contribution in [0.4, 0.5) is 0 Å². The van der Waals surface area contributed by atoms with Crippen molar-refractivity contribution in [3.05, 3.63) is 35.9 Å². The van der Waals surface area contributed by atoms with E-state index >= 15 is 0 Å². The summed E-state index contributed by atoms with van der Waals surface area (Å²) in [5.74, 6) is 0.263. The topological polar surface area (TPSA) is 38.8 Å². The SMILES string of the molecule is CON1C(C)(C)CC(=O)CC1(C)COCc1ccccc1. The highest BCUT2D eigenvalue weighted by Crippen LogP contribution is 2.37. The van der Waals surface area contributed by atoms with Gasteiger partial charge in [-0.25, -0.2) is 0 Å². The molecule has 0 bridgehead atoms. The van der Waals surface area contributed by atoms with Crippen LogP contribution in [0.25, 0.3) is 0 Å². The highest BCUT2D eigenvalue weighted by Gasteiger charge is 2.48. The maximum Gasteiger partial charge on any atom is 0.136 e. The van der Waals surface area contributed by atoms with Crippen LogP contribution >= 0.6 is 0 Å². The fraction of sp³-hybridized carbons (Fsp3) is 0.588. The lowest BCUT2D eigenvalue weighted by molar-refractivity contribution is -0.273. The van der Waals surface area contributed by atoms with E-state index in [0.717, 1.165) is 5.56 Å². The summed E-state index contributed by atoms with van der Waals surface area (Å²) < 4.78 is 5.86. The predicted molar refractivity (Wildman–Crippen MR) is 81.7 cm³/mol. The maximum absolute atomic E-state index is 12.1. The molecule has 1 heterocycles. The Hall–Kier alpha value is -1.23. The lowest BCUT2D eigenvalue weighted by Crippen LogP contribution is -2.63. The first-order valence-electron chi connectivity index (χ1n) is 7.35. The molecular formula is C17H25NO3. The third-order valence-electron chi connectivity index (χ3n) is 3.96. The van der Waals surface area contributed by atoms with Gasteiger partial charge in [0.25, 0.3) is 0 Å². The predicted octanol–water partition coefficient (Wildman–Crippen LogP) is 2.97. The molecule has 0 aliphatic carbocycles. The third-order valence-corrected chi connectivity index (χ3v) is 3.96. The Morgan fingerprint density at radius 1 is 1.14 bits per heavy atom. The van der Waals surface area contributed by atoms with Gasteiger partial charge in [0.2, 0.25) is 0 Å². The average molecular weight is 291 g/mol. The molecule has 1 unspecified atom stereocenters. The van der Waals surface area contributed by atoms with Gasteiger partial charge in [-0.15, -0.1) is 0 Å². The number of nitrogens with zero attached hydrogens (tertiary/aromatic N) is 1. The summed E-state index contributed by atoms with van der Waals surface area (Å²) in [5, 5.41) is 1.92. The number of rotatable bonds is 5. The van der Waals surface area contributed by atoms with Gasteiger partial charge in [0.15, 0.2) is 0 Å². The zero-order chi connectivity index (χ0) is 15.5. The summed E-state index contributed by atoms with van der Waals surface area (Å²) in [6.07, 6.45) is 0.966. The van der Waals surface area contributed by atoms with Gasteiger partial charge < -0.3 is 9.57 Å². The van der Waals surface area contributed by atoms with Crippen LogP contribution in [-0.2, 0) is 21.0 Å². The number of ether oxygens (including phenoxy) is 1. The molecule has 0 radical (unpaired) electrons. The first-order valence-corrected chi connectivity index (χ1v) is 7.35. The normalized spacial score (nSPS) is 26.0. The van der Waals surface area contributed by atoms with Crippen LogP contribution in [0.5, 0.6) is 0 Å². The molecule has 21 heavy (non-hydrogen) atoms. The van der Waals surface area contributed by atoms with Crippen molar-refractivity contribution in [2.45, 2.75) is 51.3 Å². The summed E-state index contributed by atoms with van der Waals surface area (Å²) >= 11 is 0. The van der Waals surface area contributed by atoms with E-state index in [-0.39, 0.29) is 11.3 Å². The Morgan fingerprint density at radius 3 is 2.43 bits per heavy atom. The lowest BCUT2D eigenvalue weighted by Gasteiger charge is -2.51. The summed E-state index contributed by atoms with van der Waals surface area (Å²) in [7, 11) is 1.66. The van der Waals surface area contributed by atoms with E-state index in [1.54, 1.807) is 7.11 Å². The first kappa shape index (κ1) is 16.1. The van der Waals surface area contributed by atoms with E-state index in [9.17, 15) is 4.79 Å². The van der Waals surface area contributed by atoms with Gasteiger partial charge in [-0.1, -0.05) is 30.3 Å². The minimum absolute atomic E-state index is 0.263. The van der Waals surface area contributed by atoms with Gasteiger partial charge in [-0.2, -0.15) is 5.06 Å².